The maximum Gasteiger partial charge on any atom is 0.233 e. The number of amides is 1. The van der Waals surface area contributed by atoms with Gasteiger partial charge in [0.25, 0.3) is 0 Å². The summed E-state index contributed by atoms with van der Waals surface area (Å²) in [6, 6.07) is 14.3. The van der Waals surface area contributed by atoms with Crippen LogP contribution >= 0.6 is 23.1 Å². The van der Waals surface area contributed by atoms with Gasteiger partial charge < -0.3 is 10.6 Å². The van der Waals surface area contributed by atoms with Gasteiger partial charge in [-0.2, -0.15) is 0 Å². The van der Waals surface area contributed by atoms with Crippen LogP contribution in [0, 0.1) is 12.7 Å². The van der Waals surface area contributed by atoms with E-state index in [1.807, 2.05) is 38.1 Å². The van der Waals surface area contributed by atoms with E-state index in [1.165, 1.54) is 35.2 Å². The van der Waals surface area contributed by atoms with Gasteiger partial charge >= 0.3 is 0 Å². The molecule has 8 heteroatoms. The lowest BCUT2D eigenvalue weighted by molar-refractivity contribution is -0.120. The molecule has 1 aromatic heterocycles. The van der Waals surface area contributed by atoms with Crippen LogP contribution in [0.5, 0.6) is 0 Å². The number of rotatable bonds is 8. The number of nitrogens with zero attached hydrogens (tertiary/aromatic N) is 2. The van der Waals surface area contributed by atoms with Crippen molar-refractivity contribution >= 4 is 39.8 Å². The Kier molecular flexibility index (Phi) is 7.00. The number of carbonyl (C=O) groups excluding carboxylic acids is 1. The number of nitrogens with one attached hydrogen (secondary N) is 2. The Bertz CT molecular complexity index is 930. The molecule has 0 radical (unpaired) electrons. The van der Waals surface area contributed by atoms with E-state index in [4.69, 9.17) is 0 Å². The molecule has 0 saturated heterocycles. The van der Waals surface area contributed by atoms with Crippen LogP contribution in [0.1, 0.15) is 18.1 Å². The van der Waals surface area contributed by atoms with Gasteiger partial charge in [0.15, 0.2) is 4.34 Å². The molecule has 0 spiro atoms. The highest BCUT2D eigenvalue weighted by Crippen LogP contribution is 2.30. The van der Waals surface area contributed by atoms with Crippen molar-refractivity contribution in [1.82, 2.24) is 15.5 Å². The molecule has 0 aliphatic rings. The van der Waals surface area contributed by atoms with Gasteiger partial charge in [-0.1, -0.05) is 47.4 Å². The average Bonchev–Trinajstić information content (AvgIpc) is 3.10. The number of halogens is 1. The van der Waals surface area contributed by atoms with E-state index >= 15 is 0 Å². The molecule has 1 atom stereocenters. The average molecular weight is 417 g/mol. The van der Waals surface area contributed by atoms with E-state index in [-0.39, 0.29) is 17.0 Å². The molecule has 0 fully saturated rings. The Balaban J connectivity index is 1.46. The van der Waals surface area contributed by atoms with E-state index in [2.05, 4.69) is 20.8 Å². The minimum Gasteiger partial charge on any atom is -0.355 e. The Morgan fingerprint density at radius 3 is 2.75 bits per heavy atom. The number of aromatic nitrogens is 2. The first-order chi connectivity index (χ1) is 13.5. The van der Waals surface area contributed by atoms with Crippen molar-refractivity contribution in [2.24, 2.45) is 0 Å². The molecule has 146 valence electrons. The lowest BCUT2D eigenvalue weighted by Crippen LogP contribution is -2.32. The smallest absolute Gasteiger partial charge is 0.233 e. The molecule has 5 nitrogen and oxygen atoms in total. The van der Waals surface area contributed by atoms with Crippen LogP contribution in [-0.2, 0) is 11.2 Å². The van der Waals surface area contributed by atoms with Crippen LogP contribution in [-0.4, -0.2) is 27.9 Å². The Morgan fingerprint density at radius 2 is 2.00 bits per heavy atom. The molecular weight excluding hydrogens is 395 g/mol. The second-order valence-corrected chi connectivity index (χ2v) is 8.86. The van der Waals surface area contributed by atoms with Crippen LogP contribution in [0.2, 0.25) is 0 Å². The first kappa shape index (κ1) is 20.3. The second-order valence-electron chi connectivity index (χ2n) is 6.30. The zero-order valence-electron chi connectivity index (χ0n) is 15.6. The molecule has 0 aliphatic heterocycles. The van der Waals surface area contributed by atoms with Crippen molar-refractivity contribution in [1.29, 1.82) is 0 Å². The van der Waals surface area contributed by atoms with Gasteiger partial charge in [-0.05, 0) is 55.7 Å². The van der Waals surface area contributed by atoms with E-state index in [0.29, 0.717) is 18.1 Å². The van der Waals surface area contributed by atoms with E-state index in [0.717, 1.165) is 21.2 Å². The fraction of sp³-hybridized carbons (Fsp3) is 0.250. The minimum atomic E-state index is -0.284. The quantitative estimate of drug-likeness (QED) is 0.527. The zero-order valence-corrected chi connectivity index (χ0v) is 17.2. The van der Waals surface area contributed by atoms with Gasteiger partial charge in [0.2, 0.25) is 11.0 Å². The number of carbonyl (C=O) groups is 1. The molecule has 2 aromatic carbocycles. The van der Waals surface area contributed by atoms with Crippen LogP contribution in [0.3, 0.4) is 0 Å². The third-order valence-corrected chi connectivity index (χ3v) is 5.97. The molecule has 2 N–H and O–H groups in total. The SMILES string of the molecule is Cc1cccc(Nc2nnc(S[C@H](C)C(=O)NCCc3ccc(F)cc3)s2)c1. The van der Waals surface area contributed by atoms with Crippen LogP contribution in [0.15, 0.2) is 52.9 Å². The van der Waals surface area contributed by atoms with Crippen molar-refractivity contribution in [2.45, 2.75) is 29.9 Å². The van der Waals surface area contributed by atoms with Gasteiger partial charge in [0.1, 0.15) is 5.82 Å². The number of hydrogen-bond acceptors (Lipinski definition) is 6. The summed E-state index contributed by atoms with van der Waals surface area (Å²) in [5, 5.41) is 14.8. The predicted molar refractivity (Wildman–Crippen MR) is 113 cm³/mol. The van der Waals surface area contributed by atoms with Crippen LogP contribution in [0.25, 0.3) is 0 Å². The van der Waals surface area contributed by atoms with E-state index in [1.54, 1.807) is 12.1 Å². The van der Waals surface area contributed by atoms with Crippen molar-refractivity contribution < 1.29 is 9.18 Å². The number of thioether (sulfide) groups is 1. The maximum atomic E-state index is 12.9. The summed E-state index contributed by atoms with van der Waals surface area (Å²) in [5.41, 5.74) is 3.10. The van der Waals surface area contributed by atoms with Crippen molar-refractivity contribution in [3.63, 3.8) is 0 Å². The first-order valence-corrected chi connectivity index (χ1v) is 10.6. The molecular formula is C20H21FN4OS2. The molecule has 3 rings (SSSR count). The summed E-state index contributed by atoms with van der Waals surface area (Å²) >= 11 is 2.79. The molecule has 28 heavy (non-hydrogen) atoms. The third kappa shape index (κ3) is 6.03. The monoisotopic (exact) mass is 416 g/mol. The highest BCUT2D eigenvalue weighted by molar-refractivity contribution is 8.02. The summed E-state index contributed by atoms with van der Waals surface area (Å²) in [6.45, 7) is 4.38. The predicted octanol–water partition coefficient (Wildman–Crippen LogP) is 4.57. The lowest BCUT2D eigenvalue weighted by Gasteiger charge is -2.10. The van der Waals surface area contributed by atoms with E-state index in [9.17, 15) is 9.18 Å². The highest BCUT2D eigenvalue weighted by Gasteiger charge is 2.17. The molecule has 0 aliphatic carbocycles. The maximum absolute atomic E-state index is 12.9. The van der Waals surface area contributed by atoms with Crippen LogP contribution in [0.4, 0.5) is 15.2 Å². The number of hydrogen-bond donors (Lipinski definition) is 2. The summed E-state index contributed by atoms with van der Waals surface area (Å²) in [6.07, 6.45) is 0.659. The van der Waals surface area contributed by atoms with Crippen LogP contribution < -0.4 is 10.6 Å². The molecule has 0 unspecified atom stereocenters. The fourth-order valence-electron chi connectivity index (χ4n) is 2.48. The van der Waals surface area contributed by atoms with Gasteiger partial charge in [0.05, 0.1) is 5.25 Å². The van der Waals surface area contributed by atoms with Gasteiger partial charge in [-0.15, -0.1) is 10.2 Å². The summed E-state index contributed by atoms with van der Waals surface area (Å²) < 4.78 is 13.6. The summed E-state index contributed by atoms with van der Waals surface area (Å²) in [4.78, 5) is 12.3. The van der Waals surface area contributed by atoms with E-state index < -0.39 is 0 Å². The van der Waals surface area contributed by atoms with Crippen molar-refractivity contribution in [3.05, 3.63) is 65.5 Å². The van der Waals surface area contributed by atoms with Gasteiger partial charge in [-0.25, -0.2) is 4.39 Å². The standard InChI is InChI=1S/C20H21FN4OS2/c1-13-4-3-5-17(12-13)23-19-24-25-20(28-19)27-14(2)18(26)22-11-10-15-6-8-16(21)9-7-15/h3-9,12,14H,10-11H2,1-2H3,(H,22,26)(H,23,24)/t14-/m1/s1. The molecule has 1 amide bonds. The highest BCUT2D eigenvalue weighted by atomic mass is 32.2. The Labute approximate surface area is 171 Å². The van der Waals surface area contributed by atoms with Gasteiger partial charge in [-0.3, -0.25) is 4.79 Å². The van der Waals surface area contributed by atoms with Crippen molar-refractivity contribution in [3.8, 4) is 0 Å². The molecule has 3 aromatic rings. The topological polar surface area (TPSA) is 66.9 Å². The molecule has 1 heterocycles. The minimum absolute atomic E-state index is 0.0597. The number of aryl methyl sites for hydroxylation is 1. The normalized spacial score (nSPS) is 11.8. The molecule has 0 saturated carbocycles. The zero-order chi connectivity index (χ0) is 19.9. The summed E-state index contributed by atoms with van der Waals surface area (Å²) in [5.74, 6) is -0.318. The first-order valence-electron chi connectivity index (χ1n) is 8.85. The third-order valence-electron chi connectivity index (χ3n) is 3.95. The fourth-order valence-corrected chi connectivity index (χ4v) is 4.42. The van der Waals surface area contributed by atoms with Crippen molar-refractivity contribution in [2.75, 3.05) is 11.9 Å². The molecule has 0 bridgehead atoms. The Hall–Kier alpha value is -2.45. The second kappa shape index (κ2) is 9.66. The number of anilines is 2. The Morgan fingerprint density at radius 1 is 1.21 bits per heavy atom. The number of benzene rings is 2. The largest absolute Gasteiger partial charge is 0.355 e. The van der Waals surface area contributed by atoms with Gasteiger partial charge in [0, 0.05) is 12.2 Å². The lowest BCUT2D eigenvalue weighted by atomic mass is 10.1. The summed E-state index contributed by atoms with van der Waals surface area (Å²) in [7, 11) is 0.